The van der Waals surface area contributed by atoms with Crippen molar-refractivity contribution in [3.8, 4) is 0 Å². The Morgan fingerprint density at radius 1 is 1.56 bits per heavy atom. The van der Waals surface area contributed by atoms with Crippen molar-refractivity contribution in [1.29, 1.82) is 0 Å². The number of hydrogen-bond acceptors (Lipinski definition) is 3. The second-order valence-electron chi connectivity index (χ2n) is 4.12. The van der Waals surface area contributed by atoms with Gasteiger partial charge in [0, 0.05) is 18.3 Å². The van der Waals surface area contributed by atoms with Gasteiger partial charge in [0.15, 0.2) is 0 Å². The van der Waals surface area contributed by atoms with Crippen LogP contribution in [0.2, 0.25) is 0 Å². The molecule has 0 radical (unpaired) electrons. The summed E-state index contributed by atoms with van der Waals surface area (Å²) in [6.07, 6.45) is 3.41. The number of aromatic nitrogens is 2. The molecule has 2 unspecified atom stereocenters. The van der Waals surface area contributed by atoms with Gasteiger partial charge in [0.05, 0.1) is 0 Å². The third kappa shape index (κ3) is 2.33. The molecule has 16 heavy (non-hydrogen) atoms. The smallest absolute Gasteiger partial charge is 0.323 e. The zero-order valence-corrected chi connectivity index (χ0v) is 9.17. The Morgan fingerprint density at radius 3 is 3.00 bits per heavy atom. The minimum Gasteiger partial charge on any atom is -0.346 e. The van der Waals surface area contributed by atoms with Gasteiger partial charge in [-0.3, -0.25) is 4.79 Å². The molecular weight excluding hydrogens is 208 g/mol. The Hall–Kier alpha value is -1.56. The zero-order chi connectivity index (χ0) is 11.5. The lowest BCUT2D eigenvalue weighted by atomic mass is 10.00. The van der Waals surface area contributed by atoms with Gasteiger partial charge in [-0.2, -0.15) is 0 Å². The van der Waals surface area contributed by atoms with Gasteiger partial charge in [-0.05, 0) is 26.3 Å². The van der Waals surface area contributed by atoms with Crippen molar-refractivity contribution in [2.75, 3.05) is 6.54 Å². The summed E-state index contributed by atoms with van der Waals surface area (Å²) in [5, 5.41) is 6.21. The molecule has 0 aliphatic carbocycles. The summed E-state index contributed by atoms with van der Waals surface area (Å²) in [4.78, 5) is 27.4. The van der Waals surface area contributed by atoms with Crippen molar-refractivity contribution in [3.63, 3.8) is 0 Å². The van der Waals surface area contributed by atoms with E-state index in [4.69, 9.17) is 0 Å². The molecule has 6 heteroatoms. The topological polar surface area (TPSA) is 89.8 Å². The van der Waals surface area contributed by atoms with Crippen molar-refractivity contribution in [1.82, 2.24) is 20.6 Å². The quantitative estimate of drug-likeness (QED) is 0.549. The number of H-pyrrole nitrogens is 2. The highest BCUT2D eigenvalue weighted by Gasteiger charge is 2.23. The fourth-order valence-electron chi connectivity index (χ4n) is 1.94. The third-order valence-corrected chi connectivity index (χ3v) is 2.92. The molecule has 1 aromatic heterocycles. The van der Waals surface area contributed by atoms with Crippen LogP contribution in [0.15, 0.2) is 11.0 Å². The Morgan fingerprint density at radius 2 is 2.38 bits per heavy atom. The van der Waals surface area contributed by atoms with Crippen LogP contribution in [-0.4, -0.2) is 34.5 Å². The molecular formula is C10H16N4O2. The lowest BCUT2D eigenvalue weighted by Crippen LogP contribution is -2.52. The maximum absolute atomic E-state index is 11.7. The van der Waals surface area contributed by atoms with Gasteiger partial charge < -0.3 is 20.6 Å². The first kappa shape index (κ1) is 10.9. The molecule has 4 N–H and O–H groups in total. The van der Waals surface area contributed by atoms with Crippen molar-refractivity contribution in [2.24, 2.45) is 0 Å². The molecule has 2 atom stereocenters. The fourth-order valence-corrected chi connectivity index (χ4v) is 1.94. The molecule has 1 aliphatic rings. The highest BCUT2D eigenvalue weighted by atomic mass is 16.2. The molecule has 2 rings (SSSR count). The number of carbonyl (C=O) groups excluding carboxylic acids is 1. The normalized spacial score (nSPS) is 25.3. The minimum atomic E-state index is -0.361. The summed E-state index contributed by atoms with van der Waals surface area (Å²) in [7, 11) is 0. The van der Waals surface area contributed by atoms with E-state index in [1.54, 1.807) is 0 Å². The van der Waals surface area contributed by atoms with E-state index in [9.17, 15) is 9.59 Å². The van der Waals surface area contributed by atoms with E-state index >= 15 is 0 Å². The molecule has 1 aromatic rings. The van der Waals surface area contributed by atoms with Gasteiger partial charge in [-0.1, -0.05) is 0 Å². The average molecular weight is 224 g/mol. The van der Waals surface area contributed by atoms with Crippen LogP contribution in [0.4, 0.5) is 0 Å². The summed E-state index contributed by atoms with van der Waals surface area (Å²) in [5.41, 5.74) is -0.0808. The molecule has 0 aromatic carbocycles. The van der Waals surface area contributed by atoms with E-state index in [1.165, 1.54) is 6.20 Å². The van der Waals surface area contributed by atoms with Crippen LogP contribution in [0, 0.1) is 0 Å². The van der Waals surface area contributed by atoms with Crippen molar-refractivity contribution >= 4 is 5.91 Å². The summed E-state index contributed by atoms with van der Waals surface area (Å²) in [5.74, 6) is -0.237. The highest BCUT2D eigenvalue weighted by Crippen LogP contribution is 2.08. The highest BCUT2D eigenvalue weighted by molar-refractivity contribution is 5.92. The molecule has 6 nitrogen and oxygen atoms in total. The van der Waals surface area contributed by atoms with E-state index in [-0.39, 0.29) is 29.4 Å². The molecule has 0 spiro atoms. The van der Waals surface area contributed by atoms with Crippen LogP contribution in [0.5, 0.6) is 0 Å². The van der Waals surface area contributed by atoms with Crippen LogP contribution >= 0.6 is 0 Å². The Balaban J connectivity index is 1.98. The Kier molecular flexibility index (Phi) is 3.09. The molecule has 1 fully saturated rings. The Labute approximate surface area is 92.8 Å². The molecule has 1 saturated heterocycles. The number of carbonyl (C=O) groups is 1. The molecule has 0 saturated carbocycles. The number of nitrogens with one attached hydrogen (secondary N) is 4. The predicted octanol–water partition coefficient (Wildman–Crippen LogP) is -0.427. The van der Waals surface area contributed by atoms with Crippen molar-refractivity contribution < 1.29 is 4.79 Å². The molecule has 1 amide bonds. The first-order valence-corrected chi connectivity index (χ1v) is 5.49. The van der Waals surface area contributed by atoms with Crippen LogP contribution < -0.4 is 16.3 Å². The molecule has 88 valence electrons. The van der Waals surface area contributed by atoms with Crippen LogP contribution in [0.1, 0.15) is 30.3 Å². The summed E-state index contributed by atoms with van der Waals surface area (Å²) in [6, 6.07) is 0.392. The number of aromatic amines is 2. The maximum atomic E-state index is 11.7. The van der Waals surface area contributed by atoms with Crippen LogP contribution in [0.25, 0.3) is 0 Å². The van der Waals surface area contributed by atoms with Crippen molar-refractivity contribution in [3.05, 3.63) is 22.4 Å². The molecule has 0 bridgehead atoms. The molecule has 2 heterocycles. The van der Waals surface area contributed by atoms with Crippen LogP contribution in [-0.2, 0) is 0 Å². The largest absolute Gasteiger partial charge is 0.346 e. The first-order chi connectivity index (χ1) is 7.66. The average Bonchev–Trinajstić information content (AvgIpc) is 2.68. The Bertz CT molecular complexity index is 422. The maximum Gasteiger partial charge on any atom is 0.323 e. The second-order valence-corrected chi connectivity index (χ2v) is 4.12. The van der Waals surface area contributed by atoms with E-state index in [1.807, 2.05) is 6.92 Å². The van der Waals surface area contributed by atoms with Crippen molar-refractivity contribution in [2.45, 2.75) is 31.8 Å². The minimum absolute atomic E-state index is 0.125. The molecule has 1 aliphatic heterocycles. The van der Waals surface area contributed by atoms with Gasteiger partial charge >= 0.3 is 5.69 Å². The van der Waals surface area contributed by atoms with E-state index in [2.05, 4.69) is 20.6 Å². The zero-order valence-electron chi connectivity index (χ0n) is 9.17. The number of piperidine rings is 1. The fraction of sp³-hybridized carbons (Fsp3) is 0.600. The number of hydrogen-bond donors (Lipinski definition) is 4. The predicted molar refractivity (Wildman–Crippen MR) is 59.4 cm³/mol. The standard InChI is InChI=1S/C10H16N4O2/c1-6-7(3-2-4-11-6)13-9(15)8-5-12-10(16)14-8/h5-7,11H,2-4H2,1H3,(H,13,15)(H2,12,14,16). The lowest BCUT2D eigenvalue weighted by Gasteiger charge is -2.30. The summed E-state index contributed by atoms with van der Waals surface area (Å²) < 4.78 is 0. The van der Waals surface area contributed by atoms with E-state index in [0.717, 1.165) is 19.4 Å². The van der Waals surface area contributed by atoms with Gasteiger partial charge in [0.25, 0.3) is 5.91 Å². The SMILES string of the molecule is CC1NCCCC1NC(=O)c1c[nH]c(=O)[nH]1. The monoisotopic (exact) mass is 224 g/mol. The van der Waals surface area contributed by atoms with Gasteiger partial charge in [0.2, 0.25) is 0 Å². The lowest BCUT2D eigenvalue weighted by molar-refractivity contribution is 0.0915. The van der Waals surface area contributed by atoms with Gasteiger partial charge in [-0.25, -0.2) is 4.79 Å². The number of imidazole rings is 1. The summed E-state index contributed by atoms with van der Waals surface area (Å²) >= 11 is 0. The third-order valence-electron chi connectivity index (χ3n) is 2.92. The van der Waals surface area contributed by atoms with E-state index < -0.39 is 0 Å². The number of rotatable bonds is 2. The van der Waals surface area contributed by atoms with E-state index in [0.29, 0.717) is 0 Å². The number of amides is 1. The van der Waals surface area contributed by atoms with Crippen LogP contribution in [0.3, 0.4) is 0 Å². The first-order valence-electron chi connectivity index (χ1n) is 5.49. The van der Waals surface area contributed by atoms with Gasteiger partial charge in [-0.15, -0.1) is 0 Å². The summed E-state index contributed by atoms with van der Waals surface area (Å²) in [6.45, 7) is 3.04. The second kappa shape index (κ2) is 4.52. The van der Waals surface area contributed by atoms with Gasteiger partial charge in [0.1, 0.15) is 5.69 Å².